The molecule has 4 aliphatic rings. The summed E-state index contributed by atoms with van der Waals surface area (Å²) in [6, 6.07) is 3.25. The molecule has 1 saturated heterocycles. The molecule has 3 aromatic rings. The summed E-state index contributed by atoms with van der Waals surface area (Å²) in [5, 5.41) is 21.6. The third kappa shape index (κ3) is 9.09. The van der Waals surface area contributed by atoms with Crippen LogP contribution in [0.1, 0.15) is 90.4 Å². The summed E-state index contributed by atoms with van der Waals surface area (Å²) >= 11 is 4.90. The van der Waals surface area contributed by atoms with Gasteiger partial charge in [0.15, 0.2) is 5.13 Å². The Bertz CT molecular complexity index is 2090. The van der Waals surface area contributed by atoms with Crippen LogP contribution in [0, 0.1) is 5.92 Å². The molecule has 17 heteroatoms. The molecule has 7 rings (SSSR count). The van der Waals surface area contributed by atoms with E-state index < -0.39 is 47.6 Å². The highest BCUT2D eigenvalue weighted by Gasteiger charge is 2.61. The number of carbonyl (C=O) groups excluding carboxylic acids is 4. The Morgan fingerprint density at radius 3 is 2.60 bits per heavy atom. The van der Waals surface area contributed by atoms with Gasteiger partial charge >= 0.3 is 12.1 Å². The molecule has 5 atom stereocenters. The van der Waals surface area contributed by atoms with Gasteiger partial charge in [-0.15, -0.1) is 11.3 Å². The summed E-state index contributed by atoms with van der Waals surface area (Å²) in [4.78, 5) is 77.8. The Kier molecular flexibility index (Phi) is 12.9. The Morgan fingerprint density at radius 1 is 1.05 bits per heavy atom. The van der Waals surface area contributed by atoms with Crippen LogP contribution in [0.4, 0.5) is 9.93 Å². The molecule has 4 amide bonds. The maximum atomic E-state index is 14.6. The normalized spacial score (nSPS) is 25.7. The number of hydrogen-bond acceptors (Lipinski definition) is 11. The molecular formula is C41H49BrN6O9S. The molecule has 310 valence electrons. The third-order valence-corrected chi connectivity index (χ3v) is 12.9. The Hall–Kier alpha value is -4.77. The maximum absolute atomic E-state index is 14.6. The molecule has 0 radical (unpaired) electrons. The van der Waals surface area contributed by atoms with Crippen LogP contribution in [-0.2, 0) is 23.9 Å². The predicted octanol–water partition coefficient (Wildman–Crippen LogP) is 6.73. The van der Waals surface area contributed by atoms with Gasteiger partial charge in [-0.1, -0.05) is 31.9 Å². The van der Waals surface area contributed by atoms with Crippen LogP contribution >= 0.6 is 27.3 Å². The zero-order chi connectivity index (χ0) is 41.0. The lowest BCUT2D eigenvalue weighted by Crippen LogP contribution is -2.56. The molecule has 1 aromatic carbocycles. The zero-order valence-corrected chi connectivity index (χ0v) is 35.0. The average Bonchev–Trinajstić information content (AvgIpc) is 3.62. The lowest BCUT2D eigenvalue weighted by molar-refractivity contribution is -0.145. The summed E-state index contributed by atoms with van der Waals surface area (Å²) in [7, 11) is 1.55. The van der Waals surface area contributed by atoms with Crippen molar-refractivity contribution in [3.63, 3.8) is 0 Å². The number of hydrogen-bond donors (Lipinski definition) is 4. The van der Waals surface area contributed by atoms with E-state index in [1.807, 2.05) is 25.1 Å². The zero-order valence-electron chi connectivity index (χ0n) is 32.6. The average molecular weight is 882 g/mol. The molecule has 0 unspecified atom stereocenters. The fourth-order valence-corrected chi connectivity index (χ4v) is 9.43. The number of nitrogens with one attached hydrogen (secondary N) is 3. The van der Waals surface area contributed by atoms with Crippen molar-refractivity contribution in [2.45, 2.75) is 120 Å². The molecule has 3 fully saturated rings. The van der Waals surface area contributed by atoms with Crippen LogP contribution in [-0.4, -0.2) is 93.2 Å². The van der Waals surface area contributed by atoms with E-state index in [0.717, 1.165) is 44.9 Å². The predicted molar refractivity (Wildman–Crippen MR) is 220 cm³/mol. The number of aliphatic carboxylic acids is 1. The lowest BCUT2D eigenvalue weighted by atomic mass is 10.0. The van der Waals surface area contributed by atoms with Gasteiger partial charge in [0.1, 0.15) is 47.0 Å². The highest BCUT2D eigenvalue weighted by Crippen LogP contribution is 2.46. The first kappa shape index (κ1) is 41.4. The second kappa shape index (κ2) is 18.0. The van der Waals surface area contributed by atoms with Gasteiger partial charge in [-0.05, 0) is 85.9 Å². The molecule has 2 saturated carbocycles. The van der Waals surface area contributed by atoms with E-state index >= 15 is 0 Å². The lowest BCUT2D eigenvalue weighted by Gasteiger charge is -2.29. The number of aromatic nitrogens is 2. The van der Waals surface area contributed by atoms with E-state index in [9.17, 15) is 29.1 Å². The van der Waals surface area contributed by atoms with Crippen LogP contribution in [0.2, 0.25) is 0 Å². The number of amides is 4. The van der Waals surface area contributed by atoms with Crippen molar-refractivity contribution < 1.29 is 43.3 Å². The largest absolute Gasteiger partial charge is 0.495 e. The highest BCUT2D eigenvalue weighted by molar-refractivity contribution is 9.10. The molecule has 0 bridgehead atoms. The molecule has 2 aliphatic heterocycles. The quantitative estimate of drug-likeness (QED) is 0.158. The second-order valence-electron chi connectivity index (χ2n) is 15.5. The number of pyridine rings is 1. The minimum absolute atomic E-state index is 0.0169. The summed E-state index contributed by atoms with van der Waals surface area (Å²) in [6.45, 7) is 1.91. The summed E-state index contributed by atoms with van der Waals surface area (Å²) in [5.41, 5.74) is -0.0167. The minimum atomic E-state index is -1.48. The van der Waals surface area contributed by atoms with Gasteiger partial charge in [-0.2, -0.15) is 0 Å². The third-order valence-electron chi connectivity index (χ3n) is 11.3. The van der Waals surface area contributed by atoms with Crippen LogP contribution in [0.5, 0.6) is 11.5 Å². The van der Waals surface area contributed by atoms with E-state index in [2.05, 4.69) is 36.9 Å². The number of rotatable bonds is 10. The first-order valence-electron chi connectivity index (χ1n) is 20.1. The highest BCUT2D eigenvalue weighted by atomic mass is 79.9. The Labute approximate surface area is 348 Å². The molecule has 15 nitrogen and oxygen atoms in total. The van der Waals surface area contributed by atoms with Crippen molar-refractivity contribution in [1.82, 2.24) is 25.5 Å². The number of thiazole rings is 1. The van der Waals surface area contributed by atoms with Gasteiger partial charge in [0.2, 0.25) is 17.7 Å². The number of ether oxygens (including phenoxy) is 3. The van der Waals surface area contributed by atoms with Crippen LogP contribution in [0.3, 0.4) is 0 Å². The van der Waals surface area contributed by atoms with Crippen molar-refractivity contribution in [2.75, 3.05) is 19.0 Å². The van der Waals surface area contributed by atoms with Crippen molar-refractivity contribution in [1.29, 1.82) is 0 Å². The second-order valence-corrected chi connectivity index (χ2v) is 17.1. The molecule has 2 aromatic heterocycles. The number of fused-ring (bicyclic) bond motifs is 3. The van der Waals surface area contributed by atoms with Crippen LogP contribution in [0.25, 0.3) is 22.3 Å². The van der Waals surface area contributed by atoms with Crippen LogP contribution in [0.15, 0.2) is 40.2 Å². The van der Waals surface area contributed by atoms with E-state index in [4.69, 9.17) is 19.2 Å². The van der Waals surface area contributed by atoms with Gasteiger partial charge in [0, 0.05) is 35.6 Å². The number of alkyl carbamates (subject to hydrolysis) is 1. The minimum Gasteiger partial charge on any atom is -0.495 e. The number of allylic oxidation sites excluding steroid dienone is 1. The van der Waals surface area contributed by atoms with Gasteiger partial charge in [-0.3, -0.25) is 14.4 Å². The van der Waals surface area contributed by atoms with Crippen molar-refractivity contribution in [3.05, 3.63) is 40.2 Å². The number of carboxylic acid groups (broad SMARTS) is 1. The Morgan fingerprint density at radius 2 is 1.84 bits per heavy atom. The van der Waals surface area contributed by atoms with Crippen LogP contribution < -0.4 is 25.4 Å². The van der Waals surface area contributed by atoms with Crippen molar-refractivity contribution in [2.24, 2.45) is 5.92 Å². The molecule has 4 heterocycles. The van der Waals surface area contributed by atoms with Crippen molar-refractivity contribution >= 4 is 73.1 Å². The van der Waals surface area contributed by atoms with Gasteiger partial charge in [0.25, 0.3) is 0 Å². The number of halogens is 1. The summed E-state index contributed by atoms with van der Waals surface area (Å²) < 4.78 is 18.5. The number of methoxy groups -OCH3 is 1. The summed E-state index contributed by atoms with van der Waals surface area (Å²) in [5.74, 6) is -1.78. The molecular weight excluding hydrogens is 832 g/mol. The fourth-order valence-electron chi connectivity index (χ4n) is 8.11. The monoisotopic (exact) mass is 880 g/mol. The van der Waals surface area contributed by atoms with E-state index in [0.29, 0.717) is 69.1 Å². The standard InChI is InChI=1S/C41H49BrN6O9S/c1-3-11-33(49)46-39-44-29(22-58-39)28-19-32(26-16-17-31(55-2)34(42)35(26)43-28)56-25-18-30-36(50)47-41(38(52)53)20-23(41)12-7-5-4-6-8-15-27(37(51)48(30)21-25)45-40(54)57-24-13-9-10-14-24/h7,12,16-17,19,22-25,27,30H,3-6,8-11,13-15,18,20-21H2,1-2H3,(H,45,54)(H,47,50)(H,52,53)(H,44,46,49)/b12-7-/t23-,25-,27+,30+,41-/m1/s1. The smallest absolute Gasteiger partial charge is 0.408 e. The number of anilines is 1. The molecule has 4 N–H and O–H groups in total. The van der Waals surface area contributed by atoms with Crippen molar-refractivity contribution in [3.8, 4) is 22.9 Å². The summed E-state index contributed by atoms with van der Waals surface area (Å²) in [6.07, 6.45) is 10.4. The van der Waals surface area contributed by atoms with Gasteiger partial charge in [-0.25, -0.2) is 19.6 Å². The van der Waals surface area contributed by atoms with E-state index in [-0.39, 0.29) is 37.3 Å². The van der Waals surface area contributed by atoms with E-state index in [1.165, 1.54) is 16.2 Å². The number of carboxylic acids is 1. The molecule has 2 aliphatic carbocycles. The first-order valence-corrected chi connectivity index (χ1v) is 21.8. The molecule has 0 spiro atoms. The van der Waals surface area contributed by atoms with Gasteiger partial charge in [0.05, 0.1) is 29.3 Å². The SMILES string of the molecule is CCCC(=O)Nc1nc(-c2cc(O[C@@H]3C[C@H]4C(=O)N[C@]5(C(=O)O)C[C@H]5/C=C\CCCCC[C@H](NC(=O)OC5CCCC5)C(=O)N4C3)c3ccc(OC)c(Br)c3n2)cs1. The Balaban J connectivity index is 1.21. The number of benzene rings is 1. The van der Waals surface area contributed by atoms with Gasteiger partial charge < -0.3 is 40.2 Å². The first-order chi connectivity index (χ1) is 28.0. The fraction of sp³-hybridized carbons (Fsp3) is 0.537. The molecule has 58 heavy (non-hydrogen) atoms. The number of carbonyl (C=O) groups is 5. The topological polar surface area (TPSA) is 198 Å². The van der Waals surface area contributed by atoms with E-state index in [1.54, 1.807) is 24.6 Å². The maximum Gasteiger partial charge on any atom is 0.408 e. The number of nitrogens with zero attached hydrogens (tertiary/aromatic N) is 3.